The maximum Gasteiger partial charge on any atom is 0.246 e. The van der Waals surface area contributed by atoms with Crippen molar-refractivity contribution in [1.29, 1.82) is 0 Å². The number of hydrogen-bond donors (Lipinski definition) is 1. The van der Waals surface area contributed by atoms with Gasteiger partial charge in [-0.25, -0.2) is 0 Å². The molecule has 0 aliphatic heterocycles. The summed E-state index contributed by atoms with van der Waals surface area (Å²) in [6.45, 7) is 5.98. The van der Waals surface area contributed by atoms with Crippen molar-refractivity contribution in [2.24, 2.45) is 0 Å². The van der Waals surface area contributed by atoms with Gasteiger partial charge in [0, 0.05) is 12.6 Å². The number of rotatable bonds is 4. The Hall–Kier alpha value is -2.55. The Bertz CT molecular complexity index is 743. The number of amides is 1. The lowest BCUT2D eigenvalue weighted by molar-refractivity contribution is -0.116. The normalized spacial score (nSPS) is 11.3. The predicted molar refractivity (Wildman–Crippen MR) is 95.6 cm³/mol. The highest BCUT2D eigenvalue weighted by atomic mass is 16.5. The third-order valence-corrected chi connectivity index (χ3v) is 3.95. The molecule has 0 spiro atoms. The maximum absolute atomic E-state index is 11.7. The number of nitrogens with one attached hydrogen (secondary N) is 1. The molecular weight excluding hydrogens is 286 g/mol. The van der Waals surface area contributed by atoms with Crippen LogP contribution >= 0.6 is 0 Å². The first-order chi connectivity index (χ1) is 11.0. The quantitative estimate of drug-likeness (QED) is 0.862. The zero-order valence-corrected chi connectivity index (χ0v) is 14.4. The molecule has 2 aromatic rings. The lowest BCUT2D eigenvalue weighted by Gasteiger charge is -2.12. The summed E-state index contributed by atoms with van der Waals surface area (Å²) < 4.78 is 5.22. The van der Waals surface area contributed by atoms with E-state index in [1.54, 1.807) is 14.2 Å². The number of carbonyl (C=O) groups is 1. The Morgan fingerprint density at radius 3 is 2.35 bits per heavy atom. The molecule has 0 aliphatic rings. The van der Waals surface area contributed by atoms with Gasteiger partial charge in [0.15, 0.2) is 0 Å². The average molecular weight is 309 g/mol. The molecule has 0 radical (unpaired) electrons. The number of methoxy groups -OCH3 is 1. The number of benzene rings is 2. The van der Waals surface area contributed by atoms with Gasteiger partial charge in [0.25, 0.3) is 0 Å². The van der Waals surface area contributed by atoms with E-state index in [9.17, 15) is 4.79 Å². The van der Waals surface area contributed by atoms with E-state index in [1.807, 2.05) is 25.1 Å². The summed E-state index contributed by atoms with van der Waals surface area (Å²) in [4.78, 5) is 11.7. The van der Waals surface area contributed by atoms with E-state index in [-0.39, 0.29) is 5.91 Å². The van der Waals surface area contributed by atoms with Crippen LogP contribution in [0.2, 0.25) is 0 Å². The van der Waals surface area contributed by atoms with Crippen molar-refractivity contribution in [2.45, 2.75) is 20.8 Å². The van der Waals surface area contributed by atoms with Crippen LogP contribution in [0.15, 0.2) is 42.0 Å². The fourth-order valence-corrected chi connectivity index (χ4v) is 2.60. The molecule has 0 saturated heterocycles. The van der Waals surface area contributed by atoms with Gasteiger partial charge in [0.2, 0.25) is 5.91 Å². The average Bonchev–Trinajstić information content (AvgIpc) is 2.57. The minimum absolute atomic E-state index is 0.0584. The monoisotopic (exact) mass is 309 g/mol. The number of hydrogen-bond acceptors (Lipinski definition) is 2. The second kappa shape index (κ2) is 7.14. The predicted octanol–water partition coefficient (Wildman–Crippen LogP) is 4.13. The van der Waals surface area contributed by atoms with Crippen molar-refractivity contribution in [3.05, 3.63) is 58.7 Å². The molecule has 2 rings (SSSR count). The van der Waals surface area contributed by atoms with Gasteiger partial charge in [-0.3, -0.25) is 4.79 Å². The van der Waals surface area contributed by atoms with E-state index in [4.69, 9.17) is 4.74 Å². The first-order valence-corrected chi connectivity index (χ1v) is 7.62. The minimum atomic E-state index is -0.0584. The molecule has 0 fully saturated rings. The molecule has 0 bridgehead atoms. The maximum atomic E-state index is 11.7. The van der Waals surface area contributed by atoms with Gasteiger partial charge in [0.05, 0.1) is 7.11 Å². The Balaban J connectivity index is 2.51. The fraction of sp³-hybridized carbons (Fsp3) is 0.250. The van der Waals surface area contributed by atoms with E-state index in [0.29, 0.717) is 5.57 Å². The lowest BCUT2D eigenvalue weighted by atomic mass is 9.93. The van der Waals surface area contributed by atoms with Crippen molar-refractivity contribution < 1.29 is 9.53 Å². The Labute approximate surface area is 138 Å². The first kappa shape index (κ1) is 16.8. The van der Waals surface area contributed by atoms with Crippen LogP contribution in [-0.2, 0) is 4.79 Å². The minimum Gasteiger partial charge on any atom is -0.497 e. The molecule has 0 aliphatic carbocycles. The number of ether oxygens (including phenoxy) is 1. The first-order valence-electron chi connectivity index (χ1n) is 7.62. The van der Waals surface area contributed by atoms with Gasteiger partial charge in [0.1, 0.15) is 5.75 Å². The highest BCUT2D eigenvalue weighted by Crippen LogP contribution is 2.30. The largest absolute Gasteiger partial charge is 0.497 e. The van der Waals surface area contributed by atoms with Crippen LogP contribution in [0.4, 0.5) is 0 Å². The van der Waals surface area contributed by atoms with E-state index in [1.165, 1.54) is 5.56 Å². The van der Waals surface area contributed by atoms with Gasteiger partial charge in [-0.15, -0.1) is 0 Å². The topological polar surface area (TPSA) is 38.3 Å². The van der Waals surface area contributed by atoms with Gasteiger partial charge >= 0.3 is 0 Å². The lowest BCUT2D eigenvalue weighted by Crippen LogP contribution is -2.18. The number of carbonyl (C=O) groups excluding carboxylic acids is 1. The summed E-state index contributed by atoms with van der Waals surface area (Å²) in [7, 11) is 3.31. The molecular formula is C20H23NO2. The SMILES string of the molecule is CNC(=O)/C(C)=C/c1cc(C)cc(-c2ccc(OC)cc2)c1C. The van der Waals surface area contributed by atoms with E-state index < -0.39 is 0 Å². The van der Waals surface area contributed by atoms with Crippen molar-refractivity contribution in [3.8, 4) is 16.9 Å². The molecule has 0 saturated carbocycles. The van der Waals surface area contributed by atoms with Crippen molar-refractivity contribution in [2.75, 3.05) is 14.2 Å². The summed E-state index contributed by atoms with van der Waals surface area (Å²) in [5.41, 5.74) is 6.39. The fourth-order valence-electron chi connectivity index (χ4n) is 2.60. The Kier molecular flexibility index (Phi) is 5.22. The third kappa shape index (κ3) is 3.81. The van der Waals surface area contributed by atoms with Gasteiger partial charge in [-0.2, -0.15) is 0 Å². The molecule has 0 aromatic heterocycles. The zero-order valence-electron chi connectivity index (χ0n) is 14.4. The molecule has 120 valence electrons. The van der Waals surface area contributed by atoms with Crippen molar-refractivity contribution in [1.82, 2.24) is 5.32 Å². The summed E-state index contributed by atoms with van der Waals surface area (Å²) in [6.07, 6.45) is 1.94. The molecule has 0 heterocycles. The standard InChI is InChI=1S/C20H23NO2/c1-13-10-17(12-14(2)20(22)21-4)15(3)19(11-13)16-6-8-18(23-5)9-7-16/h6-12H,1-5H3,(H,21,22)/b14-12+. The van der Waals surface area contributed by atoms with Crippen LogP contribution in [0.5, 0.6) is 5.75 Å². The summed E-state index contributed by atoms with van der Waals surface area (Å²) >= 11 is 0. The smallest absolute Gasteiger partial charge is 0.246 e. The van der Waals surface area contributed by atoms with Crippen LogP contribution in [0.25, 0.3) is 17.2 Å². The highest BCUT2D eigenvalue weighted by molar-refractivity contribution is 5.97. The van der Waals surface area contributed by atoms with Gasteiger partial charge < -0.3 is 10.1 Å². The molecule has 2 aromatic carbocycles. The Morgan fingerprint density at radius 2 is 1.78 bits per heavy atom. The summed E-state index contributed by atoms with van der Waals surface area (Å²) in [5.74, 6) is 0.784. The van der Waals surface area contributed by atoms with Crippen molar-refractivity contribution in [3.63, 3.8) is 0 Å². The number of aryl methyl sites for hydroxylation is 1. The van der Waals surface area contributed by atoms with Crippen LogP contribution in [-0.4, -0.2) is 20.1 Å². The van der Waals surface area contributed by atoms with Crippen molar-refractivity contribution >= 4 is 12.0 Å². The molecule has 3 heteroatoms. The summed E-state index contributed by atoms with van der Waals surface area (Å²) in [6, 6.07) is 12.3. The van der Waals surface area contributed by atoms with E-state index in [2.05, 4.69) is 43.4 Å². The van der Waals surface area contributed by atoms with Gasteiger partial charge in [-0.1, -0.05) is 24.3 Å². The molecule has 3 nitrogen and oxygen atoms in total. The zero-order chi connectivity index (χ0) is 17.0. The van der Waals surface area contributed by atoms with Crippen LogP contribution in [0.3, 0.4) is 0 Å². The third-order valence-electron chi connectivity index (χ3n) is 3.95. The second-order valence-corrected chi connectivity index (χ2v) is 5.66. The molecule has 0 unspecified atom stereocenters. The van der Waals surface area contributed by atoms with E-state index in [0.717, 1.165) is 28.0 Å². The number of likely N-dealkylation sites (N-methyl/N-ethyl adjacent to an activating group) is 1. The summed E-state index contributed by atoms with van der Waals surface area (Å²) in [5, 5.41) is 2.66. The highest BCUT2D eigenvalue weighted by Gasteiger charge is 2.09. The van der Waals surface area contributed by atoms with Crippen LogP contribution < -0.4 is 10.1 Å². The Morgan fingerprint density at radius 1 is 1.13 bits per heavy atom. The van der Waals surface area contributed by atoms with Crippen LogP contribution in [0, 0.1) is 13.8 Å². The molecule has 1 amide bonds. The van der Waals surface area contributed by atoms with Gasteiger partial charge in [-0.05, 0) is 66.8 Å². The molecule has 0 atom stereocenters. The molecule has 23 heavy (non-hydrogen) atoms. The van der Waals surface area contributed by atoms with Crippen LogP contribution in [0.1, 0.15) is 23.6 Å². The second-order valence-electron chi connectivity index (χ2n) is 5.66. The van der Waals surface area contributed by atoms with E-state index >= 15 is 0 Å². The molecule has 1 N–H and O–H groups in total.